The molecular formula is C17H22N4O4. The molecule has 8 heteroatoms. The van der Waals surface area contributed by atoms with Crippen LogP contribution in [-0.4, -0.2) is 78.8 Å². The van der Waals surface area contributed by atoms with Gasteiger partial charge in [-0.15, -0.1) is 0 Å². The average Bonchev–Trinajstić information content (AvgIpc) is 2.60. The van der Waals surface area contributed by atoms with Gasteiger partial charge in [-0.25, -0.2) is 9.78 Å². The quantitative estimate of drug-likeness (QED) is 0.827. The van der Waals surface area contributed by atoms with Gasteiger partial charge in [0.05, 0.1) is 19.3 Å². The first kappa shape index (κ1) is 16.1. The van der Waals surface area contributed by atoms with Gasteiger partial charge in [0, 0.05) is 44.4 Å². The van der Waals surface area contributed by atoms with E-state index in [1.54, 1.807) is 7.11 Å². The maximum atomic E-state index is 12.7. The molecule has 3 amide bonds. The van der Waals surface area contributed by atoms with Crippen LogP contribution >= 0.6 is 0 Å². The van der Waals surface area contributed by atoms with Gasteiger partial charge in [0.1, 0.15) is 6.61 Å². The lowest BCUT2D eigenvalue weighted by Crippen LogP contribution is -2.63. The second-order valence-corrected chi connectivity index (χ2v) is 6.78. The smallest absolute Gasteiger partial charge is 0.320 e. The highest BCUT2D eigenvalue weighted by atomic mass is 16.5. The maximum absolute atomic E-state index is 12.7. The monoisotopic (exact) mass is 346 g/mol. The standard InChI is InChI=1S/C17H22N4O4/c1-24-16-3-2-11(6-18-16)12-7-21(8-12)17(23)20-5-4-14-13(9-20)19-15(22)10-25-14/h2-3,6,12-14H,4-5,7-10H2,1H3,(H,19,22)/t13-,14?/m1/s1. The number of nitrogens with zero attached hydrogens (tertiary/aromatic N) is 3. The number of fused-ring (bicyclic) bond motifs is 1. The molecule has 0 bridgehead atoms. The Hall–Kier alpha value is -2.35. The maximum Gasteiger partial charge on any atom is 0.320 e. The van der Waals surface area contributed by atoms with E-state index in [0.29, 0.717) is 38.0 Å². The largest absolute Gasteiger partial charge is 0.481 e. The molecule has 8 nitrogen and oxygen atoms in total. The minimum atomic E-state index is -0.105. The zero-order valence-electron chi connectivity index (χ0n) is 14.2. The van der Waals surface area contributed by atoms with Crippen molar-refractivity contribution in [1.29, 1.82) is 0 Å². The van der Waals surface area contributed by atoms with E-state index in [0.717, 1.165) is 12.0 Å². The molecule has 25 heavy (non-hydrogen) atoms. The number of ether oxygens (including phenoxy) is 2. The summed E-state index contributed by atoms with van der Waals surface area (Å²) in [6.45, 7) is 2.70. The first-order chi connectivity index (χ1) is 12.1. The molecular weight excluding hydrogens is 324 g/mol. The van der Waals surface area contributed by atoms with Crippen molar-refractivity contribution in [3.63, 3.8) is 0 Å². The molecule has 4 heterocycles. The van der Waals surface area contributed by atoms with E-state index in [2.05, 4.69) is 10.3 Å². The molecule has 1 aromatic rings. The van der Waals surface area contributed by atoms with Crippen molar-refractivity contribution in [3.05, 3.63) is 23.9 Å². The van der Waals surface area contributed by atoms with Crippen LogP contribution in [0.25, 0.3) is 0 Å². The summed E-state index contributed by atoms with van der Waals surface area (Å²) in [4.78, 5) is 32.0. The summed E-state index contributed by atoms with van der Waals surface area (Å²) in [7, 11) is 1.59. The zero-order valence-corrected chi connectivity index (χ0v) is 14.2. The van der Waals surface area contributed by atoms with Gasteiger partial charge in [-0.2, -0.15) is 0 Å². The summed E-state index contributed by atoms with van der Waals surface area (Å²) in [6.07, 6.45) is 2.60. The topological polar surface area (TPSA) is 84.0 Å². The van der Waals surface area contributed by atoms with E-state index in [1.165, 1.54) is 0 Å². The highest BCUT2D eigenvalue weighted by molar-refractivity contribution is 5.79. The van der Waals surface area contributed by atoms with Gasteiger partial charge in [-0.3, -0.25) is 4.79 Å². The third-order valence-corrected chi connectivity index (χ3v) is 5.19. The molecule has 1 N–H and O–H groups in total. The highest BCUT2D eigenvalue weighted by Crippen LogP contribution is 2.29. The van der Waals surface area contributed by atoms with Crippen molar-refractivity contribution in [2.24, 2.45) is 0 Å². The number of carbonyl (C=O) groups excluding carboxylic acids is 2. The SMILES string of the molecule is COc1ccc(C2CN(C(=O)N3CCC4OCC(=O)N[C@@H]4C3)C2)cn1. The number of urea groups is 1. The Morgan fingerprint density at radius 1 is 1.32 bits per heavy atom. The fourth-order valence-electron chi connectivity index (χ4n) is 3.67. The molecule has 4 rings (SSSR count). The van der Waals surface area contributed by atoms with Crippen LogP contribution in [0.3, 0.4) is 0 Å². The van der Waals surface area contributed by atoms with Crippen LogP contribution in [0.1, 0.15) is 17.9 Å². The molecule has 3 saturated heterocycles. The van der Waals surface area contributed by atoms with Crippen molar-refractivity contribution in [2.45, 2.75) is 24.5 Å². The molecule has 2 atom stereocenters. The fourth-order valence-corrected chi connectivity index (χ4v) is 3.67. The minimum Gasteiger partial charge on any atom is -0.481 e. The van der Waals surface area contributed by atoms with Crippen LogP contribution < -0.4 is 10.1 Å². The number of piperidine rings is 1. The van der Waals surface area contributed by atoms with Crippen molar-refractivity contribution < 1.29 is 19.1 Å². The lowest BCUT2D eigenvalue weighted by Gasteiger charge is -2.46. The summed E-state index contributed by atoms with van der Waals surface area (Å²) in [6, 6.07) is 3.78. The predicted octanol–water partition coefficient (Wildman–Crippen LogP) is 0.199. The zero-order chi connectivity index (χ0) is 17.4. The van der Waals surface area contributed by atoms with Crippen molar-refractivity contribution >= 4 is 11.9 Å². The summed E-state index contributed by atoms with van der Waals surface area (Å²) in [5.74, 6) is 0.805. The van der Waals surface area contributed by atoms with Gasteiger partial charge < -0.3 is 24.6 Å². The number of methoxy groups -OCH3 is 1. The first-order valence-electron chi connectivity index (χ1n) is 8.59. The Morgan fingerprint density at radius 2 is 2.16 bits per heavy atom. The lowest BCUT2D eigenvalue weighted by atomic mass is 9.93. The summed E-state index contributed by atoms with van der Waals surface area (Å²) < 4.78 is 10.6. The van der Waals surface area contributed by atoms with Crippen molar-refractivity contribution in [1.82, 2.24) is 20.1 Å². The number of nitrogens with one attached hydrogen (secondary N) is 1. The third kappa shape index (κ3) is 3.13. The Labute approximate surface area is 146 Å². The van der Waals surface area contributed by atoms with Gasteiger partial charge in [-0.1, -0.05) is 6.07 Å². The number of hydrogen-bond acceptors (Lipinski definition) is 5. The predicted molar refractivity (Wildman–Crippen MR) is 88.4 cm³/mol. The fraction of sp³-hybridized carbons (Fsp3) is 0.588. The third-order valence-electron chi connectivity index (χ3n) is 5.19. The molecule has 134 valence electrons. The summed E-state index contributed by atoms with van der Waals surface area (Å²) in [5, 5.41) is 2.93. The Kier molecular flexibility index (Phi) is 4.20. The van der Waals surface area contributed by atoms with Gasteiger partial charge in [0.2, 0.25) is 11.8 Å². The van der Waals surface area contributed by atoms with Crippen LogP contribution in [0, 0.1) is 0 Å². The Bertz CT molecular complexity index is 659. The number of pyridine rings is 1. The van der Waals surface area contributed by atoms with Crippen LogP contribution in [-0.2, 0) is 9.53 Å². The van der Waals surface area contributed by atoms with E-state index in [9.17, 15) is 9.59 Å². The number of rotatable bonds is 2. The number of aromatic nitrogens is 1. The summed E-state index contributed by atoms with van der Waals surface area (Å²) >= 11 is 0. The molecule has 0 radical (unpaired) electrons. The number of hydrogen-bond donors (Lipinski definition) is 1. The van der Waals surface area contributed by atoms with Gasteiger partial charge in [0.15, 0.2) is 0 Å². The van der Waals surface area contributed by atoms with Gasteiger partial charge in [0.25, 0.3) is 0 Å². The van der Waals surface area contributed by atoms with Crippen LogP contribution in [0.2, 0.25) is 0 Å². The van der Waals surface area contributed by atoms with Gasteiger partial charge in [-0.05, 0) is 12.0 Å². The Morgan fingerprint density at radius 3 is 2.88 bits per heavy atom. The highest BCUT2D eigenvalue weighted by Gasteiger charge is 2.40. The second kappa shape index (κ2) is 6.51. The number of carbonyl (C=O) groups is 2. The normalized spacial score (nSPS) is 26.5. The molecule has 1 unspecified atom stereocenters. The molecule has 0 spiro atoms. The lowest BCUT2D eigenvalue weighted by molar-refractivity contribution is -0.139. The van der Waals surface area contributed by atoms with E-state index < -0.39 is 0 Å². The molecule has 0 aromatic carbocycles. The van der Waals surface area contributed by atoms with Crippen molar-refractivity contribution in [3.8, 4) is 5.88 Å². The molecule has 3 fully saturated rings. The average molecular weight is 346 g/mol. The first-order valence-corrected chi connectivity index (χ1v) is 8.59. The molecule has 1 aromatic heterocycles. The molecule has 0 aliphatic carbocycles. The van der Waals surface area contributed by atoms with Crippen LogP contribution in [0.4, 0.5) is 4.79 Å². The number of amides is 3. The minimum absolute atomic E-state index is 0.0243. The molecule has 3 aliphatic rings. The van der Waals surface area contributed by atoms with Crippen molar-refractivity contribution in [2.75, 3.05) is 39.9 Å². The molecule has 0 saturated carbocycles. The molecule has 3 aliphatic heterocycles. The number of likely N-dealkylation sites (tertiary alicyclic amines) is 2. The van der Waals surface area contributed by atoms with E-state index >= 15 is 0 Å². The van der Waals surface area contributed by atoms with Crippen LogP contribution in [0.15, 0.2) is 18.3 Å². The van der Waals surface area contributed by atoms with Crippen LogP contribution in [0.5, 0.6) is 5.88 Å². The van der Waals surface area contributed by atoms with E-state index in [-0.39, 0.29) is 30.7 Å². The van der Waals surface area contributed by atoms with Gasteiger partial charge >= 0.3 is 6.03 Å². The second-order valence-electron chi connectivity index (χ2n) is 6.78. The van der Waals surface area contributed by atoms with E-state index in [4.69, 9.17) is 9.47 Å². The van der Waals surface area contributed by atoms with E-state index in [1.807, 2.05) is 28.1 Å². The summed E-state index contributed by atoms with van der Waals surface area (Å²) in [5.41, 5.74) is 1.12. The Balaban J connectivity index is 1.31. The number of morpholine rings is 1.